The number of halogens is 3. The van der Waals surface area contributed by atoms with Crippen molar-refractivity contribution in [2.75, 3.05) is 0 Å². The third-order valence-corrected chi connectivity index (χ3v) is 1.81. The molecular formula is C4H4F3S. The lowest BCUT2D eigenvalue weighted by Crippen LogP contribution is -2.49. The molecule has 1 fully saturated rings. The van der Waals surface area contributed by atoms with Crippen molar-refractivity contribution in [3.05, 3.63) is 0 Å². The second-order valence-corrected chi connectivity index (χ2v) is 2.58. The molecule has 4 heteroatoms. The van der Waals surface area contributed by atoms with Crippen molar-refractivity contribution in [3.63, 3.8) is 0 Å². The van der Waals surface area contributed by atoms with E-state index in [0.717, 1.165) is 0 Å². The molecule has 47 valence electrons. The van der Waals surface area contributed by atoms with Crippen LogP contribution < -0.4 is 0 Å². The Morgan fingerprint density at radius 3 is 1.50 bits per heavy atom. The van der Waals surface area contributed by atoms with Gasteiger partial charge in [0.15, 0.2) is 0 Å². The van der Waals surface area contributed by atoms with Crippen LogP contribution in [0.2, 0.25) is 0 Å². The van der Waals surface area contributed by atoms with Gasteiger partial charge in [-0.15, -0.1) is 0 Å². The molecule has 0 aromatic carbocycles. The minimum Gasteiger partial charge on any atom is -0.224 e. The number of hydrogen-bond acceptors (Lipinski definition) is 0. The zero-order valence-corrected chi connectivity index (χ0v) is 4.77. The minimum absolute atomic E-state index is 0.185. The summed E-state index contributed by atoms with van der Waals surface area (Å²) in [5.74, 6) is -3.23. The summed E-state index contributed by atoms with van der Waals surface area (Å²) >= 11 is 3.89. The Bertz CT molecular complexity index is 95.9. The lowest BCUT2D eigenvalue weighted by molar-refractivity contribution is -0.160. The van der Waals surface area contributed by atoms with Crippen molar-refractivity contribution < 1.29 is 13.2 Å². The molecular weight excluding hydrogens is 137 g/mol. The zero-order valence-electron chi connectivity index (χ0n) is 3.96. The van der Waals surface area contributed by atoms with Crippen LogP contribution in [0.25, 0.3) is 0 Å². The van der Waals surface area contributed by atoms with Gasteiger partial charge < -0.3 is 0 Å². The largest absolute Gasteiger partial charge is 0.291 e. The Balaban J connectivity index is 2.63. The molecule has 0 nitrogen and oxygen atoms in total. The maximum absolute atomic E-state index is 12.0. The summed E-state index contributed by atoms with van der Waals surface area (Å²) in [6.07, 6.45) is -0.581. The summed E-state index contributed by atoms with van der Waals surface area (Å²) in [6.45, 7) is 0. The van der Waals surface area contributed by atoms with E-state index in [1.807, 2.05) is 0 Å². The van der Waals surface area contributed by atoms with Crippen molar-refractivity contribution in [3.8, 4) is 0 Å². The average Bonchev–Trinajstić information content (AvgIpc) is 1.64. The van der Waals surface area contributed by atoms with E-state index in [-0.39, 0.29) is 6.42 Å². The third-order valence-electron chi connectivity index (χ3n) is 1.31. The SMILES string of the molecule is FC1(F)CCC1(F)[S]. The molecule has 0 heterocycles. The van der Waals surface area contributed by atoms with E-state index in [1.165, 1.54) is 0 Å². The predicted octanol–water partition coefficient (Wildman–Crippen LogP) is 2.28. The minimum atomic E-state index is -3.23. The van der Waals surface area contributed by atoms with Crippen LogP contribution in [0, 0.1) is 0 Å². The van der Waals surface area contributed by atoms with Gasteiger partial charge in [-0.25, -0.2) is 13.2 Å². The summed E-state index contributed by atoms with van der Waals surface area (Å²) in [5.41, 5.74) is 0. The first kappa shape index (κ1) is 6.26. The molecule has 0 aromatic rings. The van der Waals surface area contributed by atoms with E-state index >= 15 is 0 Å². The molecule has 0 saturated heterocycles. The molecule has 0 amide bonds. The normalized spacial score (nSPS) is 43.5. The Hall–Kier alpha value is 0.140. The lowest BCUT2D eigenvalue weighted by atomic mass is 9.91. The fraction of sp³-hybridized carbons (Fsp3) is 1.00. The second kappa shape index (κ2) is 1.35. The van der Waals surface area contributed by atoms with Crippen LogP contribution in [-0.4, -0.2) is 10.9 Å². The van der Waals surface area contributed by atoms with Gasteiger partial charge in [-0.3, -0.25) is 0 Å². The van der Waals surface area contributed by atoms with Crippen molar-refractivity contribution in [2.45, 2.75) is 23.8 Å². The Morgan fingerprint density at radius 2 is 1.50 bits per heavy atom. The van der Waals surface area contributed by atoms with E-state index in [4.69, 9.17) is 0 Å². The van der Waals surface area contributed by atoms with E-state index in [0.29, 0.717) is 0 Å². The quantitative estimate of drug-likeness (QED) is 0.485. The standard InChI is InChI=1S/C4H4F3S/c5-3(6)1-2-4(3,7)8/h1-2H2. The van der Waals surface area contributed by atoms with Crippen LogP contribution >= 0.6 is 12.6 Å². The maximum atomic E-state index is 12.0. The second-order valence-electron chi connectivity index (χ2n) is 1.93. The van der Waals surface area contributed by atoms with Crippen LogP contribution in [0.5, 0.6) is 0 Å². The number of rotatable bonds is 0. The Labute approximate surface area is 50.5 Å². The molecule has 0 bridgehead atoms. The topological polar surface area (TPSA) is 0 Å². The van der Waals surface area contributed by atoms with Crippen LogP contribution in [0.4, 0.5) is 13.2 Å². The average molecular weight is 141 g/mol. The maximum Gasteiger partial charge on any atom is 0.291 e. The molecule has 0 N–H and O–H groups in total. The Morgan fingerprint density at radius 1 is 1.12 bits per heavy atom. The predicted molar refractivity (Wildman–Crippen MR) is 25.6 cm³/mol. The molecule has 0 aliphatic heterocycles. The lowest BCUT2D eigenvalue weighted by Gasteiger charge is -2.37. The monoisotopic (exact) mass is 141 g/mol. The molecule has 1 radical (unpaired) electrons. The molecule has 0 spiro atoms. The van der Waals surface area contributed by atoms with Gasteiger partial charge in [-0.2, -0.15) is 0 Å². The highest BCUT2D eigenvalue weighted by Gasteiger charge is 2.61. The van der Waals surface area contributed by atoms with Gasteiger partial charge in [0.1, 0.15) is 0 Å². The van der Waals surface area contributed by atoms with Gasteiger partial charge in [0.2, 0.25) is 5.00 Å². The summed E-state index contributed by atoms with van der Waals surface area (Å²) in [4.78, 5) is 0. The van der Waals surface area contributed by atoms with Crippen molar-refractivity contribution in [1.29, 1.82) is 0 Å². The van der Waals surface area contributed by atoms with Crippen LogP contribution in [0.15, 0.2) is 0 Å². The van der Waals surface area contributed by atoms with E-state index in [1.54, 1.807) is 0 Å². The van der Waals surface area contributed by atoms with Crippen LogP contribution in [0.3, 0.4) is 0 Å². The van der Waals surface area contributed by atoms with Gasteiger partial charge >= 0.3 is 0 Å². The van der Waals surface area contributed by atoms with Gasteiger partial charge in [-0.1, -0.05) is 0 Å². The summed E-state index contributed by atoms with van der Waals surface area (Å²) in [6, 6.07) is 0. The Kier molecular flexibility index (Phi) is 1.05. The molecule has 0 aromatic heterocycles. The molecule has 1 saturated carbocycles. The van der Waals surface area contributed by atoms with Gasteiger partial charge in [0.05, 0.1) is 0 Å². The molecule has 8 heavy (non-hydrogen) atoms. The highest BCUT2D eigenvalue weighted by Crippen LogP contribution is 2.52. The van der Waals surface area contributed by atoms with Crippen molar-refractivity contribution in [2.24, 2.45) is 0 Å². The number of alkyl halides is 3. The van der Waals surface area contributed by atoms with Gasteiger partial charge in [0, 0.05) is 12.8 Å². The van der Waals surface area contributed by atoms with Crippen LogP contribution in [0.1, 0.15) is 12.8 Å². The first-order chi connectivity index (χ1) is 3.46. The molecule has 1 rings (SSSR count). The van der Waals surface area contributed by atoms with E-state index < -0.39 is 17.3 Å². The zero-order chi connectivity index (χ0) is 6.41. The number of hydrogen-bond donors (Lipinski definition) is 0. The van der Waals surface area contributed by atoms with Gasteiger partial charge in [0.25, 0.3) is 5.92 Å². The molecule has 1 aliphatic rings. The first-order valence-electron chi connectivity index (χ1n) is 2.23. The molecule has 1 aliphatic carbocycles. The van der Waals surface area contributed by atoms with Crippen molar-refractivity contribution >= 4 is 12.6 Å². The summed E-state index contributed by atoms with van der Waals surface area (Å²) in [5, 5.41) is -2.63. The fourth-order valence-corrected chi connectivity index (χ4v) is 0.715. The summed E-state index contributed by atoms with van der Waals surface area (Å²) in [7, 11) is 0. The summed E-state index contributed by atoms with van der Waals surface area (Å²) < 4.78 is 35.7. The van der Waals surface area contributed by atoms with Gasteiger partial charge in [-0.05, 0) is 12.6 Å². The first-order valence-corrected chi connectivity index (χ1v) is 2.64. The smallest absolute Gasteiger partial charge is 0.224 e. The fourth-order valence-electron chi connectivity index (χ4n) is 0.511. The third kappa shape index (κ3) is 0.623. The van der Waals surface area contributed by atoms with Crippen molar-refractivity contribution in [1.82, 2.24) is 0 Å². The van der Waals surface area contributed by atoms with E-state index in [2.05, 4.69) is 12.6 Å². The highest BCUT2D eigenvalue weighted by molar-refractivity contribution is 7.81. The van der Waals surface area contributed by atoms with E-state index in [9.17, 15) is 13.2 Å². The van der Waals surface area contributed by atoms with Crippen LogP contribution in [-0.2, 0) is 0 Å². The molecule has 1 atom stereocenters. The highest BCUT2D eigenvalue weighted by atomic mass is 32.1. The molecule has 1 unspecified atom stereocenters.